The van der Waals surface area contributed by atoms with Gasteiger partial charge in [-0.3, -0.25) is 0 Å². The Bertz CT molecular complexity index is 642. The fraction of sp³-hybridized carbons (Fsp3) is 0.222. The predicted octanol–water partition coefficient (Wildman–Crippen LogP) is 0.207. The van der Waals surface area contributed by atoms with Crippen molar-refractivity contribution in [3.05, 3.63) is 29.8 Å². The number of rotatable bonds is 3. The first-order valence-electron chi connectivity index (χ1n) is 4.33. The molecule has 1 aromatic carbocycles. The van der Waals surface area contributed by atoms with Gasteiger partial charge in [-0.1, -0.05) is 6.07 Å². The van der Waals surface area contributed by atoms with Crippen molar-refractivity contribution in [2.24, 2.45) is 0 Å². The summed E-state index contributed by atoms with van der Waals surface area (Å²) in [7, 11) is -7.38. The van der Waals surface area contributed by atoms with Crippen LogP contribution in [0.4, 0.5) is 0 Å². The highest BCUT2D eigenvalue weighted by molar-refractivity contribution is 7.90. The lowest BCUT2D eigenvalue weighted by Crippen LogP contribution is -2.12. The van der Waals surface area contributed by atoms with Crippen molar-refractivity contribution >= 4 is 25.9 Å². The number of hydrogen-bond donors (Lipinski definition) is 0. The monoisotopic (exact) mass is 278 g/mol. The zero-order valence-corrected chi connectivity index (χ0v) is 10.7. The largest absolute Gasteiger partial charge is 0.353 e. The van der Waals surface area contributed by atoms with Crippen LogP contribution in [0.3, 0.4) is 0 Å². The maximum Gasteiger partial charge on any atom is 0.353 e. The van der Waals surface area contributed by atoms with Crippen molar-refractivity contribution < 1.29 is 25.8 Å². The molecule has 0 saturated carbocycles. The molecular formula is C9H10O6S2. The fourth-order valence-electron chi connectivity index (χ4n) is 1.04. The van der Waals surface area contributed by atoms with E-state index in [0.717, 1.165) is 18.6 Å². The first kappa shape index (κ1) is 13.7. The minimum atomic E-state index is -3.92. The molecule has 0 bridgehead atoms. The second-order valence-corrected chi connectivity index (χ2v) is 6.97. The Morgan fingerprint density at radius 1 is 1.12 bits per heavy atom. The third kappa shape index (κ3) is 4.16. The van der Waals surface area contributed by atoms with E-state index >= 15 is 0 Å². The second kappa shape index (κ2) is 4.46. The molecule has 0 heterocycles. The number of hydrogen-bond acceptors (Lipinski definition) is 6. The third-order valence-electron chi connectivity index (χ3n) is 1.72. The van der Waals surface area contributed by atoms with Crippen molar-refractivity contribution in [3.63, 3.8) is 0 Å². The van der Waals surface area contributed by atoms with Crippen molar-refractivity contribution in [1.29, 1.82) is 0 Å². The maximum atomic E-state index is 11.3. The number of carbonyl (C=O) groups excluding carboxylic acids is 1. The smallest absolute Gasteiger partial charge is 0.341 e. The first-order valence-corrected chi connectivity index (χ1v) is 8.04. The molecule has 0 fully saturated rings. The molecule has 1 rings (SSSR count). The molecule has 0 aliphatic rings. The summed E-state index contributed by atoms with van der Waals surface area (Å²) in [5.74, 6) is -1.11. The highest BCUT2D eigenvalue weighted by Crippen LogP contribution is 2.12. The molecule has 0 aromatic heterocycles. The SMILES string of the molecule is CS(=O)(=O)OC(=O)c1cccc(S(C)(=O)=O)c1. The Morgan fingerprint density at radius 2 is 1.71 bits per heavy atom. The molecular weight excluding hydrogens is 268 g/mol. The van der Waals surface area contributed by atoms with Crippen molar-refractivity contribution in [2.45, 2.75) is 4.90 Å². The van der Waals surface area contributed by atoms with E-state index in [4.69, 9.17) is 0 Å². The van der Waals surface area contributed by atoms with Crippen LogP contribution in [-0.4, -0.2) is 35.3 Å². The summed E-state index contributed by atoms with van der Waals surface area (Å²) < 4.78 is 48.0. The third-order valence-corrected chi connectivity index (χ3v) is 3.29. The molecule has 0 N–H and O–H groups in total. The Hall–Kier alpha value is -1.41. The summed E-state index contributed by atoms with van der Waals surface area (Å²) in [5, 5.41) is 0. The van der Waals surface area contributed by atoms with Crippen molar-refractivity contribution in [3.8, 4) is 0 Å². The Balaban J connectivity index is 3.14. The van der Waals surface area contributed by atoms with Gasteiger partial charge in [-0.2, -0.15) is 8.42 Å². The Labute approximate surface area is 99.3 Å². The van der Waals surface area contributed by atoms with Crippen LogP contribution in [0.2, 0.25) is 0 Å². The lowest BCUT2D eigenvalue weighted by molar-refractivity contribution is 0.0748. The van der Waals surface area contributed by atoms with Gasteiger partial charge in [0.05, 0.1) is 16.7 Å². The van der Waals surface area contributed by atoms with E-state index in [1.54, 1.807) is 0 Å². The summed E-state index contributed by atoms with van der Waals surface area (Å²) in [6, 6.07) is 4.95. The van der Waals surface area contributed by atoms with Gasteiger partial charge in [0, 0.05) is 6.26 Å². The van der Waals surface area contributed by atoms with E-state index in [0.29, 0.717) is 0 Å². The highest BCUT2D eigenvalue weighted by atomic mass is 32.2. The maximum absolute atomic E-state index is 11.3. The Morgan fingerprint density at radius 3 is 2.18 bits per heavy atom. The lowest BCUT2D eigenvalue weighted by Gasteiger charge is -2.03. The van der Waals surface area contributed by atoms with E-state index in [1.807, 2.05) is 0 Å². The number of sulfone groups is 1. The average molecular weight is 278 g/mol. The van der Waals surface area contributed by atoms with Gasteiger partial charge in [0.2, 0.25) is 0 Å². The quantitative estimate of drug-likeness (QED) is 0.733. The van der Waals surface area contributed by atoms with Crippen molar-refractivity contribution in [2.75, 3.05) is 12.5 Å². The molecule has 0 spiro atoms. The highest BCUT2D eigenvalue weighted by Gasteiger charge is 2.16. The van der Waals surface area contributed by atoms with Gasteiger partial charge in [-0.15, -0.1) is 0 Å². The summed E-state index contributed by atoms with van der Waals surface area (Å²) in [4.78, 5) is 11.3. The Kier molecular flexibility index (Phi) is 3.58. The molecule has 8 heteroatoms. The van der Waals surface area contributed by atoms with E-state index < -0.39 is 25.9 Å². The van der Waals surface area contributed by atoms with Crippen LogP contribution in [0, 0.1) is 0 Å². The van der Waals surface area contributed by atoms with Gasteiger partial charge in [0.1, 0.15) is 0 Å². The molecule has 0 aliphatic heterocycles. The number of carbonyl (C=O) groups is 1. The number of benzene rings is 1. The molecule has 0 atom stereocenters. The zero-order chi connectivity index (χ0) is 13.3. The minimum Gasteiger partial charge on any atom is -0.341 e. The zero-order valence-electron chi connectivity index (χ0n) is 9.08. The minimum absolute atomic E-state index is 0.0829. The van der Waals surface area contributed by atoms with Crippen LogP contribution >= 0.6 is 0 Å². The van der Waals surface area contributed by atoms with Crippen LogP contribution in [0.15, 0.2) is 29.2 Å². The van der Waals surface area contributed by atoms with Gasteiger partial charge < -0.3 is 4.18 Å². The normalized spacial score (nSPS) is 12.1. The van der Waals surface area contributed by atoms with Gasteiger partial charge >= 0.3 is 16.1 Å². The fourth-order valence-corrected chi connectivity index (χ4v) is 2.08. The molecule has 1 aromatic rings. The van der Waals surface area contributed by atoms with E-state index in [2.05, 4.69) is 4.18 Å². The van der Waals surface area contributed by atoms with Gasteiger partial charge in [-0.05, 0) is 18.2 Å². The van der Waals surface area contributed by atoms with Gasteiger partial charge in [0.15, 0.2) is 9.84 Å². The predicted molar refractivity (Wildman–Crippen MR) is 59.8 cm³/mol. The van der Waals surface area contributed by atoms with Crippen LogP contribution in [-0.2, 0) is 24.1 Å². The molecule has 0 amide bonds. The van der Waals surface area contributed by atoms with E-state index in [-0.39, 0.29) is 10.5 Å². The van der Waals surface area contributed by atoms with Crippen LogP contribution in [0.25, 0.3) is 0 Å². The summed E-state index contributed by atoms with van der Waals surface area (Å²) in [6.45, 7) is 0. The topological polar surface area (TPSA) is 94.6 Å². The molecule has 0 saturated heterocycles. The molecule has 94 valence electrons. The molecule has 0 unspecified atom stereocenters. The molecule has 17 heavy (non-hydrogen) atoms. The summed E-state index contributed by atoms with van der Waals surface area (Å²) in [6.07, 6.45) is 1.71. The van der Waals surface area contributed by atoms with Crippen LogP contribution < -0.4 is 0 Å². The van der Waals surface area contributed by atoms with E-state index in [9.17, 15) is 21.6 Å². The summed E-state index contributed by atoms with van der Waals surface area (Å²) in [5.41, 5.74) is -0.140. The van der Waals surface area contributed by atoms with Gasteiger partial charge in [0.25, 0.3) is 0 Å². The average Bonchev–Trinajstić information content (AvgIpc) is 2.14. The lowest BCUT2D eigenvalue weighted by atomic mass is 10.2. The molecule has 6 nitrogen and oxygen atoms in total. The standard InChI is InChI=1S/C9H10O6S2/c1-16(11,12)8-5-3-4-7(6-8)9(10)15-17(2,13)14/h3-6H,1-2H3. The van der Waals surface area contributed by atoms with Crippen LogP contribution in [0.5, 0.6) is 0 Å². The second-order valence-electron chi connectivity index (χ2n) is 3.37. The molecule has 0 aliphatic carbocycles. The first-order chi connectivity index (χ1) is 7.59. The summed E-state index contributed by atoms with van der Waals surface area (Å²) >= 11 is 0. The van der Waals surface area contributed by atoms with Crippen LogP contribution in [0.1, 0.15) is 10.4 Å². The van der Waals surface area contributed by atoms with Gasteiger partial charge in [-0.25, -0.2) is 13.2 Å². The van der Waals surface area contributed by atoms with Crippen molar-refractivity contribution in [1.82, 2.24) is 0 Å². The van der Waals surface area contributed by atoms with E-state index in [1.165, 1.54) is 18.2 Å². The molecule has 0 radical (unpaired) electrons.